The maximum absolute atomic E-state index is 12.0. The number of aliphatic imine (C=N–C) groups is 1. The Balaban J connectivity index is 1.39. The lowest BCUT2D eigenvalue weighted by Crippen LogP contribution is -2.37. The fourth-order valence-electron chi connectivity index (χ4n) is 2.86. The summed E-state index contributed by atoms with van der Waals surface area (Å²) in [5.41, 5.74) is 3.16. The Kier molecular flexibility index (Phi) is 7.46. The van der Waals surface area contributed by atoms with Crippen molar-refractivity contribution in [1.82, 2.24) is 10.6 Å². The van der Waals surface area contributed by atoms with Crippen LogP contribution in [-0.2, 0) is 13.0 Å². The van der Waals surface area contributed by atoms with Crippen LogP contribution in [0.1, 0.15) is 28.1 Å². The molecule has 3 N–H and O–H groups in total. The van der Waals surface area contributed by atoms with Gasteiger partial charge in [-0.2, -0.15) is 0 Å². The summed E-state index contributed by atoms with van der Waals surface area (Å²) in [6.07, 6.45) is 3.55. The van der Waals surface area contributed by atoms with E-state index in [9.17, 15) is 4.79 Å². The van der Waals surface area contributed by atoms with Crippen molar-refractivity contribution in [2.75, 3.05) is 18.9 Å². The van der Waals surface area contributed by atoms with Crippen molar-refractivity contribution in [3.05, 3.63) is 89.9 Å². The van der Waals surface area contributed by atoms with Crippen molar-refractivity contribution >= 4 is 17.6 Å². The van der Waals surface area contributed by atoms with Gasteiger partial charge in [0.25, 0.3) is 5.91 Å². The molecule has 0 saturated carbocycles. The van der Waals surface area contributed by atoms with Gasteiger partial charge in [-0.25, -0.2) is 0 Å². The van der Waals surface area contributed by atoms with Gasteiger partial charge in [-0.3, -0.25) is 9.79 Å². The molecule has 29 heavy (non-hydrogen) atoms. The second-order valence-corrected chi connectivity index (χ2v) is 6.57. The maximum Gasteiger partial charge on any atom is 0.291 e. The van der Waals surface area contributed by atoms with E-state index >= 15 is 0 Å². The molecule has 1 aromatic heterocycles. The second kappa shape index (κ2) is 10.7. The predicted octanol–water partition coefficient (Wildman–Crippen LogP) is 3.83. The third kappa shape index (κ3) is 6.53. The van der Waals surface area contributed by atoms with Crippen LogP contribution in [0.5, 0.6) is 0 Å². The number of amides is 1. The Hall–Kier alpha value is -3.54. The Labute approximate surface area is 171 Å². The zero-order valence-electron chi connectivity index (χ0n) is 16.5. The lowest BCUT2D eigenvalue weighted by Gasteiger charge is -2.12. The highest BCUT2D eigenvalue weighted by molar-refractivity contribution is 6.02. The largest absolute Gasteiger partial charge is 0.459 e. The number of nitrogens with zero attached hydrogens (tertiary/aromatic N) is 1. The fraction of sp³-hybridized carbons (Fsp3) is 0.217. The Morgan fingerprint density at radius 1 is 0.931 bits per heavy atom. The van der Waals surface area contributed by atoms with Gasteiger partial charge in [-0.1, -0.05) is 42.5 Å². The van der Waals surface area contributed by atoms with Crippen LogP contribution in [0.15, 0.2) is 82.4 Å². The minimum absolute atomic E-state index is 0.263. The number of carbonyl (C=O) groups excluding carboxylic acids is 1. The third-order valence-electron chi connectivity index (χ3n) is 4.42. The summed E-state index contributed by atoms with van der Waals surface area (Å²) in [7, 11) is 1.76. The van der Waals surface area contributed by atoms with Crippen LogP contribution in [0.4, 0.5) is 5.69 Å². The van der Waals surface area contributed by atoms with Crippen molar-refractivity contribution in [3.63, 3.8) is 0 Å². The molecule has 6 heteroatoms. The van der Waals surface area contributed by atoms with E-state index in [1.165, 1.54) is 11.8 Å². The first-order valence-corrected chi connectivity index (χ1v) is 9.67. The molecular weight excluding hydrogens is 364 g/mol. The molecule has 3 rings (SSSR count). The van der Waals surface area contributed by atoms with Crippen molar-refractivity contribution in [2.24, 2.45) is 4.99 Å². The highest BCUT2D eigenvalue weighted by Gasteiger charge is 2.08. The third-order valence-corrected chi connectivity index (χ3v) is 4.42. The summed E-state index contributed by atoms with van der Waals surface area (Å²) in [6, 6.07) is 21.4. The Bertz CT molecular complexity index is 904. The molecule has 0 fully saturated rings. The van der Waals surface area contributed by atoms with Gasteiger partial charge in [0.1, 0.15) is 0 Å². The molecule has 0 atom stereocenters. The molecule has 1 amide bonds. The summed E-state index contributed by atoms with van der Waals surface area (Å²) in [4.78, 5) is 16.2. The number of guanidine groups is 1. The van der Waals surface area contributed by atoms with Crippen molar-refractivity contribution in [2.45, 2.75) is 19.4 Å². The summed E-state index contributed by atoms with van der Waals surface area (Å²) < 4.78 is 5.09. The van der Waals surface area contributed by atoms with Crippen molar-refractivity contribution < 1.29 is 9.21 Å². The Morgan fingerprint density at radius 2 is 1.72 bits per heavy atom. The number of aryl methyl sites for hydroxylation is 1. The number of hydrogen-bond donors (Lipinski definition) is 3. The predicted molar refractivity (Wildman–Crippen MR) is 116 cm³/mol. The summed E-state index contributed by atoms with van der Waals surface area (Å²) >= 11 is 0. The standard InChI is InChI=1S/C23H26N4O2/c1-24-23(25-15-5-9-18-7-3-2-4-8-18)26-17-19-11-13-20(14-12-19)27-22(28)21-10-6-16-29-21/h2-4,6-8,10-14,16H,5,9,15,17H2,1H3,(H,27,28)(H2,24,25,26). The highest BCUT2D eigenvalue weighted by atomic mass is 16.3. The summed E-state index contributed by atoms with van der Waals surface area (Å²) in [5, 5.41) is 9.44. The smallest absolute Gasteiger partial charge is 0.291 e. The van der Waals surface area contributed by atoms with Crippen LogP contribution < -0.4 is 16.0 Å². The van der Waals surface area contributed by atoms with Gasteiger partial charge in [0.15, 0.2) is 11.7 Å². The zero-order chi connectivity index (χ0) is 20.3. The number of rotatable bonds is 8. The molecule has 0 spiro atoms. The van der Waals surface area contributed by atoms with E-state index in [1.54, 1.807) is 19.2 Å². The first-order chi connectivity index (χ1) is 14.2. The minimum atomic E-state index is -0.263. The molecule has 0 aliphatic carbocycles. The van der Waals surface area contributed by atoms with E-state index in [0.717, 1.165) is 36.6 Å². The molecule has 6 nitrogen and oxygen atoms in total. The molecule has 3 aromatic rings. The topological polar surface area (TPSA) is 78.7 Å². The molecule has 1 heterocycles. The molecular formula is C23H26N4O2. The number of furan rings is 1. The zero-order valence-corrected chi connectivity index (χ0v) is 16.5. The lowest BCUT2D eigenvalue weighted by molar-refractivity contribution is 0.0996. The van der Waals surface area contributed by atoms with Crippen molar-refractivity contribution in [1.29, 1.82) is 0 Å². The molecule has 0 aliphatic heterocycles. The van der Waals surface area contributed by atoms with Gasteiger partial charge in [-0.05, 0) is 48.2 Å². The molecule has 0 aliphatic rings. The van der Waals surface area contributed by atoms with E-state index in [-0.39, 0.29) is 11.7 Å². The quantitative estimate of drug-likeness (QED) is 0.310. The summed E-state index contributed by atoms with van der Waals surface area (Å²) in [6.45, 7) is 1.50. The van der Waals surface area contributed by atoms with Gasteiger partial charge in [-0.15, -0.1) is 0 Å². The first-order valence-electron chi connectivity index (χ1n) is 9.67. The number of nitrogens with one attached hydrogen (secondary N) is 3. The molecule has 0 radical (unpaired) electrons. The number of hydrogen-bond acceptors (Lipinski definition) is 3. The molecule has 0 bridgehead atoms. The monoisotopic (exact) mass is 390 g/mol. The van der Waals surface area contributed by atoms with E-state index < -0.39 is 0 Å². The van der Waals surface area contributed by atoms with Crippen LogP contribution >= 0.6 is 0 Å². The van der Waals surface area contributed by atoms with Gasteiger partial charge >= 0.3 is 0 Å². The van der Waals surface area contributed by atoms with Crippen LogP contribution in [0.25, 0.3) is 0 Å². The van der Waals surface area contributed by atoms with Gasteiger partial charge < -0.3 is 20.4 Å². The van der Waals surface area contributed by atoms with Gasteiger partial charge in [0, 0.05) is 25.8 Å². The maximum atomic E-state index is 12.0. The molecule has 0 unspecified atom stereocenters. The number of anilines is 1. The average Bonchev–Trinajstić information content (AvgIpc) is 3.30. The average molecular weight is 390 g/mol. The second-order valence-electron chi connectivity index (χ2n) is 6.57. The van der Waals surface area contributed by atoms with Gasteiger partial charge in [0.2, 0.25) is 0 Å². The Morgan fingerprint density at radius 3 is 2.41 bits per heavy atom. The van der Waals surface area contributed by atoms with E-state index in [2.05, 4.69) is 45.2 Å². The van der Waals surface area contributed by atoms with Crippen LogP contribution in [0, 0.1) is 0 Å². The minimum Gasteiger partial charge on any atom is -0.459 e. The van der Waals surface area contributed by atoms with E-state index in [1.807, 2.05) is 30.3 Å². The van der Waals surface area contributed by atoms with Crippen molar-refractivity contribution in [3.8, 4) is 0 Å². The fourth-order valence-corrected chi connectivity index (χ4v) is 2.86. The molecule has 0 saturated heterocycles. The van der Waals surface area contributed by atoms with Crippen LogP contribution in [-0.4, -0.2) is 25.5 Å². The van der Waals surface area contributed by atoms with Crippen LogP contribution in [0.3, 0.4) is 0 Å². The van der Waals surface area contributed by atoms with E-state index in [4.69, 9.17) is 4.42 Å². The SMILES string of the molecule is CN=C(NCCCc1ccccc1)NCc1ccc(NC(=O)c2ccco2)cc1. The number of carbonyl (C=O) groups is 1. The highest BCUT2D eigenvalue weighted by Crippen LogP contribution is 2.11. The number of benzene rings is 2. The van der Waals surface area contributed by atoms with Crippen LogP contribution in [0.2, 0.25) is 0 Å². The lowest BCUT2D eigenvalue weighted by atomic mass is 10.1. The molecule has 2 aromatic carbocycles. The molecule has 150 valence electrons. The first kappa shape index (κ1) is 20.2. The normalized spacial score (nSPS) is 11.1. The van der Waals surface area contributed by atoms with E-state index in [0.29, 0.717) is 6.54 Å². The summed E-state index contributed by atoms with van der Waals surface area (Å²) in [5.74, 6) is 0.798. The van der Waals surface area contributed by atoms with Gasteiger partial charge in [0.05, 0.1) is 6.26 Å².